The Bertz CT molecular complexity index is 1280. The minimum Gasteiger partial charge on any atom is -0.462 e. The Morgan fingerprint density at radius 1 is 0.270 bits per heavy atom. The summed E-state index contributed by atoms with van der Waals surface area (Å²) in [5.41, 5.74) is 0. The molecule has 0 aliphatic heterocycles. The fourth-order valence-electron chi connectivity index (χ4n) is 9.62. The molecule has 0 bridgehead atoms. The molecule has 0 saturated heterocycles. The summed E-state index contributed by atoms with van der Waals surface area (Å²) >= 11 is 0. The van der Waals surface area contributed by atoms with Crippen LogP contribution >= 0.6 is 0 Å². The van der Waals surface area contributed by atoms with Crippen LogP contribution in [0.3, 0.4) is 0 Å². The second kappa shape index (κ2) is 62.9. The number of hydrogen-bond acceptors (Lipinski definition) is 6. The average molecular weight is 1040 g/mol. The SMILES string of the molecule is CCCCC/C=C\CCCCCCCC(=O)OCC(COC(=O)CCCCCCCCCC/C=C\C/C=C\C/C=C\CCCCCCC)OC(=O)CCCCCCCCCCCCCCCCCCCCCCC. The maximum atomic E-state index is 12.9. The second-order valence-electron chi connectivity index (χ2n) is 22.0. The van der Waals surface area contributed by atoms with Crippen molar-refractivity contribution in [2.75, 3.05) is 13.2 Å². The summed E-state index contributed by atoms with van der Waals surface area (Å²) < 4.78 is 16.9. The van der Waals surface area contributed by atoms with Crippen molar-refractivity contribution >= 4 is 17.9 Å². The van der Waals surface area contributed by atoms with Crippen LogP contribution in [0, 0.1) is 0 Å². The lowest BCUT2D eigenvalue weighted by Crippen LogP contribution is -2.30. The Balaban J connectivity index is 4.28. The van der Waals surface area contributed by atoms with Crippen LogP contribution in [0.1, 0.15) is 348 Å². The minimum absolute atomic E-state index is 0.0763. The van der Waals surface area contributed by atoms with Crippen molar-refractivity contribution < 1.29 is 28.6 Å². The smallest absolute Gasteiger partial charge is 0.306 e. The van der Waals surface area contributed by atoms with E-state index < -0.39 is 6.10 Å². The molecule has 0 aromatic heterocycles. The third kappa shape index (κ3) is 60.2. The van der Waals surface area contributed by atoms with E-state index in [4.69, 9.17) is 14.2 Å². The van der Waals surface area contributed by atoms with Crippen molar-refractivity contribution in [3.05, 3.63) is 48.6 Å². The van der Waals surface area contributed by atoms with E-state index >= 15 is 0 Å². The van der Waals surface area contributed by atoms with Crippen molar-refractivity contribution in [3.63, 3.8) is 0 Å². The Kier molecular flexibility index (Phi) is 60.7. The van der Waals surface area contributed by atoms with Crippen molar-refractivity contribution in [1.29, 1.82) is 0 Å². The normalized spacial score (nSPS) is 12.3. The fraction of sp³-hybridized carbons (Fsp3) is 0.838. The summed E-state index contributed by atoms with van der Waals surface area (Å²) in [4.78, 5) is 38.3. The van der Waals surface area contributed by atoms with Gasteiger partial charge in [-0.15, -0.1) is 0 Å². The third-order valence-corrected chi connectivity index (χ3v) is 14.6. The minimum atomic E-state index is -0.778. The van der Waals surface area contributed by atoms with Gasteiger partial charge in [0.05, 0.1) is 0 Å². The zero-order valence-corrected chi connectivity index (χ0v) is 49.6. The number of rotatable bonds is 60. The highest BCUT2D eigenvalue weighted by Gasteiger charge is 2.19. The molecule has 0 fully saturated rings. The number of esters is 3. The second-order valence-corrected chi connectivity index (χ2v) is 22.0. The number of carbonyl (C=O) groups is 3. The van der Waals surface area contributed by atoms with Crippen LogP contribution in [0.2, 0.25) is 0 Å². The van der Waals surface area contributed by atoms with Crippen LogP contribution in [0.5, 0.6) is 0 Å². The number of hydrogen-bond donors (Lipinski definition) is 0. The third-order valence-electron chi connectivity index (χ3n) is 14.6. The van der Waals surface area contributed by atoms with E-state index in [-0.39, 0.29) is 31.1 Å². The first-order valence-electron chi connectivity index (χ1n) is 32.6. The van der Waals surface area contributed by atoms with E-state index in [0.29, 0.717) is 19.3 Å². The average Bonchev–Trinajstić information content (AvgIpc) is 3.40. The zero-order chi connectivity index (χ0) is 53.6. The number of carbonyl (C=O) groups excluding carboxylic acids is 3. The van der Waals surface area contributed by atoms with Gasteiger partial charge in [0.25, 0.3) is 0 Å². The molecule has 0 heterocycles. The Hall–Kier alpha value is -2.63. The van der Waals surface area contributed by atoms with Crippen LogP contribution in [0.15, 0.2) is 48.6 Å². The van der Waals surface area contributed by atoms with E-state index in [1.165, 1.54) is 225 Å². The highest BCUT2D eigenvalue weighted by molar-refractivity contribution is 5.71. The molecule has 0 aromatic carbocycles. The van der Waals surface area contributed by atoms with Crippen molar-refractivity contribution in [2.45, 2.75) is 354 Å². The van der Waals surface area contributed by atoms with Gasteiger partial charge in [-0.3, -0.25) is 14.4 Å². The van der Waals surface area contributed by atoms with Gasteiger partial charge in [0, 0.05) is 19.3 Å². The summed E-state index contributed by atoms with van der Waals surface area (Å²) in [6.07, 6.45) is 78.3. The first kappa shape index (κ1) is 71.4. The summed E-state index contributed by atoms with van der Waals surface area (Å²) in [6, 6.07) is 0. The monoisotopic (exact) mass is 1040 g/mol. The van der Waals surface area contributed by atoms with Gasteiger partial charge in [0.1, 0.15) is 13.2 Å². The molecular formula is C68H124O6. The van der Waals surface area contributed by atoms with Gasteiger partial charge < -0.3 is 14.2 Å². The molecule has 0 radical (unpaired) electrons. The maximum absolute atomic E-state index is 12.9. The molecule has 0 N–H and O–H groups in total. The molecule has 6 heteroatoms. The van der Waals surface area contributed by atoms with Crippen LogP contribution < -0.4 is 0 Å². The van der Waals surface area contributed by atoms with Gasteiger partial charge in [0.15, 0.2) is 6.10 Å². The molecule has 0 aliphatic carbocycles. The molecule has 0 rings (SSSR count). The molecule has 1 unspecified atom stereocenters. The van der Waals surface area contributed by atoms with E-state index in [2.05, 4.69) is 69.4 Å². The van der Waals surface area contributed by atoms with Gasteiger partial charge in [-0.1, -0.05) is 294 Å². The Morgan fingerprint density at radius 3 is 0.797 bits per heavy atom. The number of allylic oxidation sites excluding steroid dienone is 8. The molecule has 0 spiro atoms. The van der Waals surface area contributed by atoms with Crippen LogP contribution in [-0.4, -0.2) is 37.2 Å². The number of ether oxygens (including phenoxy) is 3. The molecule has 0 aromatic rings. The topological polar surface area (TPSA) is 78.9 Å². The van der Waals surface area contributed by atoms with Crippen molar-refractivity contribution in [1.82, 2.24) is 0 Å². The predicted octanol–water partition coefficient (Wildman–Crippen LogP) is 22.2. The van der Waals surface area contributed by atoms with E-state index in [0.717, 1.165) is 83.5 Å². The predicted molar refractivity (Wildman–Crippen MR) is 321 cm³/mol. The lowest BCUT2D eigenvalue weighted by atomic mass is 10.0. The molecular weight excluding hydrogens is 913 g/mol. The first-order valence-corrected chi connectivity index (χ1v) is 32.6. The Labute approximate surface area is 460 Å². The van der Waals surface area contributed by atoms with Crippen LogP contribution in [-0.2, 0) is 28.6 Å². The highest BCUT2D eigenvalue weighted by Crippen LogP contribution is 2.17. The van der Waals surface area contributed by atoms with Crippen molar-refractivity contribution in [2.24, 2.45) is 0 Å². The zero-order valence-electron chi connectivity index (χ0n) is 49.6. The molecule has 432 valence electrons. The summed E-state index contributed by atoms with van der Waals surface area (Å²) in [7, 11) is 0. The molecule has 1 atom stereocenters. The Morgan fingerprint density at radius 2 is 0.486 bits per heavy atom. The molecule has 0 aliphatic rings. The lowest BCUT2D eigenvalue weighted by molar-refractivity contribution is -0.167. The lowest BCUT2D eigenvalue weighted by Gasteiger charge is -2.18. The van der Waals surface area contributed by atoms with E-state index in [1.807, 2.05) is 0 Å². The highest BCUT2D eigenvalue weighted by atomic mass is 16.6. The first-order chi connectivity index (χ1) is 36.5. The van der Waals surface area contributed by atoms with Crippen LogP contribution in [0.25, 0.3) is 0 Å². The van der Waals surface area contributed by atoms with E-state index in [9.17, 15) is 14.4 Å². The van der Waals surface area contributed by atoms with Gasteiger partial charge in [-0.25, -0.2) is 0 Å². The quantitative estimate of drug-likeness (QED) is 0.0261. The van der Waals surface area contributed by atoms with Gasteiger partial charge in [0.2, 0.25) is 0 Å². The van der Waals surface area contributed by atoms with Crippen LogP contribution in [0.4, 0.5) is 0 Å². The largest absolute Gasteiger partial charge is 0.462 e. The van der Waals surface area contributed by atoms with Gasteiger partial charge in [-0.05, 0) is 83.5 Å². The van der Waals surface area contributed by atoms with Crippen molar-refractivity contribution in [3.8, 4) is 0 Å². The van der Waals surface area contributed by atoms with E-state index in [1.54, 1.807) is 0 Å². The van der Waals surface area contributed by atoms with Gasteiger partial charge in [-0.2, -0.15) is 0 Å². The molecule has 0 saturated carbocycles. The summed E-state index contributed by atoms with van der Waals surface area (Å²) in [5, 5.41) is 0. The molecule has 74 heavy (non-hydrogen) atoms. The number of unbranched alkanes of at least 4 members (excludes halogenated alkanes) is 41. The summed E-state index contributed by atoms with van der Waals surface area (Å²) in [5.74, 6) is -0.871. The fourth-order valence-corrected chi connectivity index (χ4v) is 9.62. The molecule has 0 amide bonds. The maximum Gasteiger partial charge on any atom is 0.306 e. The summed E-state index contributed by atoms with van der Waals surface area (Å²) in [6.45, 7) is 6.65. The standard InChI is InChI=1S/C68H124O6/c1-4-7-10-13-16-19-22-25-27-29-31-33-34-36-37-39-41-43-46-49-52-55-58-61-67(70)73-64-65(63-72-66(69)60-57-54-51-48-45-24-21-18-15-12-9-6-3)74-68(71)62-59-56-53-50-47-44-42-40-38-35-32-30-28-26-23-20-17-14-11-8-5-2/h18,21-22,25,29,31,34,36,65H,4-17,19-20,23-24,26-28,30,32-33,35,37-64H2,1-3H3/b21-18-,25-22-,31-29-,36-34-. The van der Waals surface area contributed by atoms with Gasteiger partial charge >= 0.3 is 17.9 Å². The molecule has 6 nitrogen and oxygen atoms in total.